The van der Waals surface area contributed by atoms with Gasteiger partial charge in [-0.2, -0.15) is 0 Å². The zero-order valence-corrected chi connectivity index (χ0v) is 14.8. The second-order valence-electron chi connectivity index (χ2n) is 7.78. The van der Waals surface area contributed by atoms with E-state index in [-0.39, 0.29) is 17.9 Å². The van der Waals surface area contributed by atoms with Crippen molar-refractivity contribution < 1.29 is 14.3 Å². The van der Waals surface area contributed by atoms with Gasteiger partial charge in [-0.25, -0.2) is 0 Å². The van der Waals surface area contributed by atoms with Gasteiger partial charge < -0.3 is 14.5 Å². The summed E-state index contributed by atoms with van der Waals surface area (Å²) in [6.07, 6.45) is -0.256. The summed E-state index contributed by atoms with van der Waals surface area (Å²) in [6.45, 7) is 5.99. The van der Waals surface area contributed by atoms with Gasteiger partial charge >= 0.3 is 0 Å². The average Bonchev–Trinajstić information content (AvgIpc) is 2.93. The van der Waals surface area contributed by atoms with Crippen molar-refractivity contribution in [2.75, 3.05) is 11.9 Å². The third-order valence-electron chi connectivity index (χ3n) is 5.90. The summed E-state index contributed by atoms with van der Waals surface area (Å²) >= 11 is 0. The van der Waals surface area contributed by atoms with Crippen LogP contribution in [0.3, 0.4) is 0 Å². The van der Waals surface area contributed by atoms with Crippen LogP contribution in [-0.4, -0.2) is 29.9 Å². The Morgan fingerprint density at radius 3 is 2.76 bits per heavy atom. The number of ether oxygens (including phenoxy) is 1. The Balaban J connectivity index is 1.89. The molecule has 1 saturated heterocycles. The van der Waals surface area contributed by atoms with E-state index in [0.717, 1.165) is 27.6 Å². The van der Waals surface area contributed by atoms with Crippen molar-refractivity contribution >= 4 is 28.3 Å². The van der Waals surface area contributed by atoms with E-state index in [9.17, 15) is 9.59 Å². The predicted molar refractivity (Wildman–Crippen MR) is 94.5 cm³/mol. The van der Waals surface area contributed by atoms with Crippen LogP contribution in [0, 0.1) is 0 Å². The first kappa shape index (κ1) is 14.9. The Morgan fingerprint density at radius 2 is 2.00 bits per heavy atom. The Kier molecular flexibility index (Phi) is 2.63. The number of hydrogen-bond donors (Lipinski definition) is 0. The van der Waals surface area contributed by atoms with E-state index in [0.29, 0.717) is 12.0 Å². The molecule has 2 atom stereocenters. The molecule has 3 aliphatic heterocycles. The van der Waals surface area contributed by atoms with Gasteiger partial charge in [0.15, 0.2) is 6.23 Å². The molecule has 0 saturated carbocycles. The molecule has 5 rings (SSSR count). The molecule has 2 aromatic carbocycles. The molecule has 0 radical (unpaired) electrons. The number of rotatable bonds is 0. The third-order valence-corrected chi connectivity index (χ3v) is 5.90. The number of carbonyl (C=O) groups is 2. The summed E-state index contributed by atoms with van der Waals surface area (Å²) in [5.74, 6) is 0.0650. The summed E-state index contributed by atoms with van der Waals surface area (Å²) in [5, 5.41) is 2.01. The van der Waals surface area contributed by atoms with Gasteiger partial charge in [-0.05, 0) is 43.9 Å². The lowest BCUT2D eigenvalue weighted by atomic mass is 9.88. The summed E-state index contributed by atoms with van der Waals surface area (Å²) in [6, 6.07) is 8.11. The van der Waals surface area contributed by atoms with E-state index in [1.165, 1.54) is 0 Å². The minimum Gasteiger partial charge on any atom is -0.350 e. The van der Waals surface area contributed by atoms with Crippen molar-refractivity contribution in [2.24, 2.45) is 0 Å². The van der Waals surface area contributed by atoms with E-state index in [1.54, 1.807) is 11.9 Å². The van der Waals surface area contributed by atoms with E-state index in [4.69, 9.17) is 4.74 Å². The molecule has 5 heteroatoms. The zero-order chi connectivity index (χ0) is 17.7. The Morgan fingerprint density at radius 1 is 1.24 bits per heavy atom. The molecule has 25 heavy (non-hydrogen) atoms. The lowest BCUT2D eigenvalue weighted by molar-refractivity contribution is -0.183. The SMILES string of the molecule is CC1CC(=O)N2C(O1)c1c(cc3cccc4c3c1C(=O)N4C)C2(C)C. The molecular weight excluding hydrogens is 316 g/mol. The molecule has 2 unspecified atom stereocenters. The maximum Gasteiger partial charge on any atom is 0.259 e. The number of nitrogens with zero attached hydrogens (tertiary/aromatic N) is 2. The Bertz CT molecular complexity index is 979. The molecule has 0 bridgehead atoms. The lowest BCUT2D eigenvalue weighted by Crippen LogP contribution is -2.48. The van der Waals surface area contributed by atoms with Crippen LogP contribution in [-0.2, 0) is 15.1 Å². The lowest BCUT2D eigenvalue weighted by Gasteiger charge is -2.41. The van der Waals surface area contributed by atoms with Crippen LogP contribution < -0.4 is 4.90 Å². The average molecular weight is 336 g/mol. The van der Waals surface area contributed by atoms with E-state index in [2.05, 4.69) is 6.07 Å². The smallest absolute Gasteiger partial charge is 0.259 e. The second-order valence-corrected chi connectivity index (χ2v) is 7.78. The van der Waals surface area contributed by atoms with Crippen LogP contribution in [0.1, 0.15) is 54.9 Å². The Hall–Kier alpha value is -2.40. The molecule has 0 aliphatic carbocycles. The molecular formula is C20H20N2O3. The molecule has 3 aliphatic rings. The highest BCUT2D eigenvalue weighted by Crippen LogP contribution is 2.54. The summed E-state index contributed by atoms with van der Waals surface area (Å²) in [5.41, 5.74) is 3.02. The highest BCUT2D eigenvalue weighted by molar-refractivity contribution is 6.26. The quantitative estimate of drug-likeness (QED) is 0.741. The fraction of sp³-hybridized carbons (Fsp3) is 0.400. The molecule has 1 fully saturated rings. The molecule has 3 heterocycles. The van der Waals surface area contributed by atoms with Crippen LogP contribution in [0.5, 0.6) is 0 Å². The van der Waals surface area contributed by atoms with Gasteiger partial charge in [0.1, 0.15) is 0 Å². The first-order chi connectivity index (χ1) is 11.8. The van der Waals surface area contributed by atoms with Crippen molar-refractivity contribution in [3.05, 3.63) is 41.0 Å². The number of anilines is 1. The van der Waals surface area contributed by atoms with Gasteiger partial charge in [0.05, 0.1) is 29.3 Å². The minimum atomic E-state index is -0.501. The van der Waals surface area contributed by atoms with Crippen LogP contribution in [0.2, 0.25) is 0 Å². The van der Waals surface area contributed by atoms with Crippen LogP contribution in [0.4, 0.5) is 5.69 Å². The number of fused-ring (bicyclic) bond motifs is 4. The fourth-order valence-corrected chi connectivity index (χ4v) is 4.73. The van der Waals surface area contributed by atoms with E-state index in [1.807, 2.05) is 43.9 Å². The summed E-state index contributed by atoms with van der Waals surface area (Å²) < 4.78 is 6.18. The van der Waals surface area contributed by atoms with Gasteiger partial charge in [-0.1, -0.05) is 12.1 Å². The maximum absolute atomic E-state index is 13.1. The zero-order valence-electron chi connectivity index (χ0n) is 14.8. The number of benzene rings is 2. The van der Waals surface area contributed by atoms with Gasteiger partial charge in [-0.3, -0.25) is 9.59 Å². The molecule has 0 aromatic heterocycles. The number of hydrogen-bond acceptors (Lipinski definition) is 3. The van der Waals surface area contributed by atoms with Crippen molar-refractivity contribution in [3.63, 3.8) is 0 Å². The van der Waals surface area contributed by atoms with Crippen molar-refractivity contribution in [1.29, 1.82) is 0 Å². The van der Waals surface area contributed by atoms with Gasteiger partial charge in [0.2, 0.25) is 5.91 Å². The number of carbonyl (C=O) groups excluding carboxylic acids is 2. The Labute approximate surface area is 146 Å². The molecule has 0 N–H and O–H groups in total. The molecule has 5 nitrogen and oxygen atoms in total. The molecule has 128 valence electrons. The van der Waals surface area contributed by atoms with Gasteiger partial charge in [0.25, 0.3) is 5.91 Å². The molecule has 2 aromatic rings. The normalized spacial score (nSPS) is 26.4. The van der Waals surface area contributed by atoms with E-state index >= 15 is 0 Å². The minimum absolute atomic E-state index is 0.0185. The first-order valence-corrected chi connectivity index (χ1v) is 8.68. The standard InChI is InChI=1S/C20H20N2O3/c1-10-8-14(23)22-19(25-10)16-12(20(22,2)3)9-11-6-5-7-13-15(11)17(16)18(24)21(13)4/h5-7,9-10,19H,8H2,1-4H3. The summed E-state index contributed by atoms with van der Waals surface area (Å²) in [7, 11) is 1.80. The van der Waals surface area contributed by atoms with Crippen LogP contribution in [0.25, 0.3) is 10.8 Å². The second kappa shape index (κ2) is 4.41. The van der Waals surface area contributed by atoms with Gasteiger partial charge in [0, 0.05) is 18.0 Å². The fourth-order valence-electron chi connectivity index (χ4n) is 4.73. The topological polar surface area (TPSA) is 49.9 Å². The highest BCUT2D eigenvalue weighted by atomic mass is 16.5. The largest absolute Gasteiger partial charge is 0.350 e. The number of amides is 2. The first-order valence-electron chi connectivity index (χ1n) is 8.68. The van der Waals surface area contributed by atoms with Crippen molar-refractivity contribution in [3.8, 4) is 0 Å². The molecule has 2 amide bonds. The summed E-state index contributed by atoms with van der Waals surface area (Å²) in [4.78, 5) is 29.3. The van der Waals surface area contributed by atoms with Crippen LogP contribution >= 0.6 is 0 Å². The monoisotopic (exact) mass is 336 g/mol. The predicted octanol–water partition coefficient (Wildman–Crippen LogP) is 3.31. The van der Waals surface area contributed by atoms with Crippen molar-refractivity contribution in [1.82, 2.24) is 4.90 Å². The van der Waals surface area contributed by atoms with Crippen molar-refractivity contribution in [2.45, 2.75) is 45.1 Å². The maximum atomic E-state index is 13.1. The van der Waals surface area contributed by atoms with Gasteiger partial charge in [-0.15, -0.1) is 0 Å². The highest BCUT2D eigenvalue weighted by Gasteiger charge is 2.53. The third kappa shape index (κ3) is 1.62. The van der Waals surface area contributed by atoms with Crippen LogP contribution in [0.15, 0.2) is 24.3 Å². The molecule has 0 spiro atoms. The van der Waals surface area contributed by atoms with E-state index < -0.39 is 11.8 Å².